The molecule has 128 valence electrons. The molecule has 1 fully saturated rings. The Morgan fingerprint density at radius 1 is 1.39 bits per heavy atom. The van der Waals surface area contributed by atoms with E-state index in [9.17, 15) is 0 Å². The molecule has 0 aromatic carbocycles. The first-order valence-corrected chi connectivity index (χ1v) is 8.56. The number of piperidine rings is 1. The van der Waals surface area contributed by atoms with E-state index in [1.807, 2.05) is 18.3 Å². The molecule has 0 spiro atoms. The van der Waals surface area contributed by atoms with Crippen LogP contribution in [0.4, 0.5) is 5.69 Å². The number of pyridine rings is 1. The number of nitrogens with zero attached hydrogens (tertiary/aromatic N) is 3. The second-order valence-corrected chi connectivity index (χ2v) is 7.73. The summed E-state index contributed by atoms with van der Waals surface area (Å²) < 4.78 is 0. The van der Waals surface area contributed by atoms with Gasteiger partial charge in [-0.1, -0.05) is 27.7 Å². The van der Waals surface area contributed by atoms with Gasteiger partial charge >= 0.3 is 0 Å². The largest absolute Gasteiger partial charge is 0.342 e. The first kappa shape index (κ1) is 17.7. The molecule has 2 unspecified atom stereocenters. The van der Waals surface area contributed by atoms with Crippen molar-refractivity contribution in [3.63, 3.8) is 0 Å². The monoisotopic (exact) mass is 317 g/mol. The van der Waals surface area contributed by atoms with Crippen LogP contribution in [0, 0.1) is 17.3 Å². The molecular formula is C18H31N5. The van der Waals surface area contributed by atoms with Gasteiger partial charge in [0.05, 0.1) is 11.9 Å². The quantitative estimate of drug-likeness (QED) is 0.662. The predicted octanol–water partition coefficient (Wildman–Crippen LogP) is 2.81. The molecule has 2 heterocycles. The van der Waals surface area contributed by atoms with Crippen LogP contribution >= 0.6 is 0 Å². The summed E-state index contributed by atoms with van der Waals surface area (Å²) in [5.41, 5.74) is 6.84. The van der Waals surface area contributed by atoms with E-state index in [0.29, 0.717) is 24.9 Å². The number of nitrogens with one attached hydrogen (secondary N) is 1. The standard InChI is InChI=1S/C18H31N5/c1-14-8-15(2)11-23(10-14)17(21-13-18(3,4)12-19)22-16-6-5-7-20-9-16/h5-7,9,14-15H,8,10-13,19H2,1-4H3,(H,21,22). The van der Waals surface area contributed by atoms with E-state index in [0.717, 1.165) is 24.7 Å². The maximum absolute atomic E-state index is 5.85. The van der Waals surface area contributed by atoms with E-state index in [4.69, 9.17) is 10.7 Å². The summed E-state index contributed by atoms with van der Waals surface area (Å²) in [6.45, 7) is 12.4. The zero-order valence-corrected chi connectivity index (χ0v) is 14.9. The van der Waals surface area contributed by atoms with Gasteiger partial charge in [0.25, 0.3) is 0 Å². The Labute approximate surface area is 140 Å². The van der Waals surface area contributed by atoms with Crippen LogP contribution in [0.25, 0.3) is 0 Å². The average molecular weight is 317 g/mol. The second-order valence-electron chi connectivity index (χ2n) is 7.73. The van der Waals surface area contributed by atoms with Gasteiger partial charge in [0, 0.05) is 25.8 Å². The normalized spacial score (nSPS) is 23.0. The van der Waals surface area contributed by atoms with Gasteiger partial charge in [0.1, 0.15) is 0 Å². The van der Waals surface area contributed by atoms with E-state index in [2.05, 4.69) is 42.9 Å². The highest BCUT2D eigenvalue weighted by molar-refractivity contribution is 5.93. The van der Waals surface area contributed by atoms with Gasteiger partial charge in [-0.15, -0.1) is 0 Å². The van der Waals surface area contributed by atoms with E-state index in [1.165, 1.54) is 6.42 Å². The van der Waals surface area contributed by atoms with Crippen LogP contribution in [0.15, 0.2) is 29.5 Å². The van der Waals surface area contributed by atoms with Crippen LogP contribution in [-0.2, 0) is 0 Å². The third-order valence-corrected chi connectivity index (χ3v) is 4.30. The lowest BCUT2D eigenvalue weighted by molar-refractivity contribution is 0.212. The second kappa shape index (κ2) is 7.77. The molecule has 0 saturated carbocycles. The highest BCUT2D eigenvalue weighted by atomic mass is 15.3. The van der Waals surface area contributed by atoms with Gasteiger partial charge in [-0.05, 0) is 42.3 Å². The Hall–Kier alpha value is -1.62. The first-order valence-electron chi connectivity index (χ1n) is 8.56. The van der Waals surface area contributed by atoms with E-state index in [-0.39, 0.29) is 5.41 Å². The van der Waals surface area contributed by atoms with Crippen molar-refractivity contribution < 1.29 is 0 Å². The average Bonchev–Trinajstić information content (AvgIpc) is 2.51. The Morgan fingerprint density at radius 2 is 2.09 bits per heavy atom. The number of nitrogens with two attached hydrogens (primary N) is 1. The van der Waals surface area contributed by atoms with Gasteiger partial charge in [-0.2, -0.15) is 0 Å². The van der Waals surface area contributed by atoms with Crippen molar-refractivity contribution in [3.05, 3.63) is 24.5 Å². The molecule has 0 aliphatic carbocycles. The van der Waals surface area contributed by atoms with Crippen LogP contribution in [0.5, 0.6) is 0 Å². The Balaban J connectivity index is 2.18. The fraction of sp³-hybridized carbons (Fsp3) is 0.667. The van der Waals surface area contributed by atoms with Crippen LogP contribution in [0.3, 0.4) is 0 Å². The minimum absolute atomic E-state index is 0.00882. The predicted molar refractivity (Wildman–Crippen MR) is 97.5 cm³/mol. The zero-order valence-electron chi connectivity index (χ0n) is 14.9. The summed E-state index contributed by atoms with van der Waals surface area (Å²) >= 11 is 0. The fourth-order valence-electron chi connectivity index (χ4n) is 2.97. The molecule has 5 nitrogen and oxygen atoms in total. The number of guanidine groups is 1. The van der Waals surface area contributed by atoms with E-state index in [1.54, 1.807) is 6.20 Å². The molecular weight excluding hydrogens is 286 g/mol. The van der Waals surface area contributed by atoms with Crippen LogP contribution in [0.1, 0.15) is 34.1 Å². The number of rotatable bonds is 4. The number of hydrogen-bond acceptors (Lipinski definition) is 3. The van der Waals surface area contributed by atoms with Gasteiger partial charge in [-0.25, -0.2) is 0 Å². The van der Waals surface area contributed by atoms with Gasteiger partial charge in [0.15, 0.2) is 5.96 Å². The molecule has 1 aromatic rings. The number of aromatic nitrogens is 1. The molecule has 0 bridgehead atoms. The van der Waals surface area contributed by atoms with Crippen molar-refractivity contribution in [2.24, 2.45) is 28.0 Å². The third-order valence-electron chi connectivity index (χ3n) is 4.30. The number of aliphatic imine (C=N–C) groups is 1. The molecule has 5 heteroatoms. The van der Waals surface area contributed by atoms with Crippen molar-refractivity contribution in [1.82, 2.24) is 9.88 Å². The summed E-state index contributed by atoms with van der Waals surface area (Å²) in [7, 11) is 0. The smallest absolute Gasteiger partial charge is 0.198 e. The fourth-order valence-corrected chi connectivity index (χ4v) is 2.97. The summed E-state index contributed by atoms with van der Waals surface area (Å²) in [5.74, 6) is 2.31. The molecule has 1 aromatic heterocycles. The minimum atomic E-state index is 0.00882. The van der Waals surface area contributed by atoms with Crippen molar-refractivity contribution in [1.29, 1.82) is 0 Å². The van der Waals surface area contributed by atoms with Crippen LogP contribution < -0.4 is 11.1 Å². The summed E-state index contributed by atoms with van der Waals surface area (Å²) in [6, 6.07) is 3.96. The van der Waals surface area contributed by atoms with Crippen molar-refractivity contribution in [2.75, 3.05) is 31.5 Å². The van der Waals surface area contributed by atoms with E-state index >= 15 is 0 Å². The number of likely N-dealkylation sites (tertiary alicyclic amines) is 1. The van der Waals surface area contributed by atoms with Gasteiger partial charge in [0.2, 0.25) is 0 Å². The molecule has 1 aliphatic rings. The number of hydrogen-bond donors (Lipinski definition) is 2. The van der Waals surface area contributed by atoms with Crippen molar-refractivity contribution in [3.8, 4) is 0 Å². The van der Waals surface area contributed by atoms with Gasteiger partial charge in [-0.3, -0.25) is 9.98 Å². The summed E-state index contributed by atoms with van der Waals surface area (Å²) in [4.78, 5) is 11.4. The summed E-state index contributed by atoms with van der Waals surface area (Å²) in [5, 5.41) is 3.46. The highest BCUT2D eigenvalue weighted by Gasteiger charge is 2.25. The van der Waals surface area contributed by atoms with E-state index < -0.39 is 0 Å². The Bertz CT molecular complexity index is 501. The maximum atomic E-state index is 5.85. The lowest BCUT2D eigenvalue weighted by atomic mass is 9.92. The molecule has 0 radical (unpaired) electrons. The first-order chi connectivity index (χ1) is 10.9. The Morgan fingerprint density at radius 3 is 2.65 bits per heavy atom. The third kappa shape index (κ3) is 5.50. The zero-order chi connectivity index (χ0) is 16.9. The lowest BCUT2D eigenvalue weighted by Gasteiger charge is -2.37. The number of anilines is 1. The summed E-state index contributed by atoms with van der Waals surface area (Å²) in [6.07, 6.45) is 4.90. The minimum Gasteiger partial charge on any atom is -0.342 e. The Kier molecular flexibility index (Phi) is 5.99. The molecule has 1 aliphatic heterocycles. The molecule has 2 atom stereocenters. The SMILES string of the molecule is CC1CC(C)CN(C(=NCC(C)(C)CN)Nc2cccnc2)C1. The van der Waals surface area contributed by atoms with Gasteiger partial charge < -0.3 is 16.0 Å². The van der Waals surface area contributed by atoms with Crippen molar-refractivity contribution >= 4 is 11.6 Å². The maximum Gasteiger partial charge on any atom is 0.198 e. The highest BCUT2D eigenvalue weighted by Crippen LogP contribution is 2.22. The molecule has 1 saturated heterocycles. The van der Waals surface area contributed by atoms with Crippen molar-refractivity contribution in [2.45, 2.75) is 34.1 Å². The molecule has 2 rings (SSSR count). The topological polar surface area (TPSA) is 66.5 Å². The lowest BCUT2D eigenvalue weighted by Crippen LogP contribution is -2.46. The molecule has 23 heavy (non-hydrogen) atoms. The van der Waals surface area contributed by atoms with Crippen LogP contribution in [0.2, 0.25) is 0 Å². The molecule has 0 amide bonds. The molecule has 3 N–H and O–H groups in total. The van der Waals surface area contributed by atoms with Crippen LogP contribution in [-0.4, -0.2) is 42.0 Å².